The first kappa shape index (κ1) is 25.2. The van der Waals surface area contributed by atoms with E-state index < -0.39 is 0 Å². The molecule has 0 bridgehead atoms. The highest BCUT2D eigenvalue weighted by atomic mass is 35.5. The Balaban J connectivity index is 1.09. The van der Waals surface area contributed by atoms with Gasteiger partial charge in [-0.3, -0.25) is 14.7 Å². The standard InChI is InChI=1S/C31H35Cl2N3O/c32-27-7-5-22(19-28(27)33)18-25-9-15-36(21-31(25)12-1-2-13-31)26-10-16-35(17-11-26)30(37)24-6-8-29-23(20-24)4-3-14-34-29/h3-8,14,19-20,25-26H,1-2,9-13,15-18,21H2. The summed E-state index contributed by atoms with van der Waals surface area (Å²) in [5.74, 6) is 0.851. The van der Waals surface area contributed by atoms with Crippen LogP contribution in [0.15, 0.2) is 54.7 Å². The van der Waals surface area contributed by atoms with Crippen molar-refractivity contribution in [3.8, 4) is 0 Å². The Morgan fingerprint density at radius 3 is 2.54 bits per heavy atom. The Morgan fingerprint density at radius 2 is 1.76 bits per heavy atom. The Kier molecular flexibility index (Phi) is 7.17. The molecule has 1 aliphatic carbocycles. The summed E-state index contributed by atoms with van der Waals surface area (Å²) >= 11 is 12.5. The van der Waals surface area contributed by atoms with Crippen LogP contribution in [0.5, 0.6) is 0 Å². The molecule has 6 rings (SSSR count). The predicted molar refractivity (Wildman–Crippen MR) is 151 cm³/mol. The van der Waals surface area contributed by atoms with E-state index in [4.69, 9.17) is 23.2 Å². The van der Waals surface area contributed by atoms with Crippen LogP contribution in [-0.4, -0.2) is 52.9 Å². The van der Waals surface area contributed by atoms with Gasteiger partial charge < -0.3 is 4.90 Å². The maximum Gasteiger partial charge on any atom is 0.253 e. The number of piperidine rings is 2. The van der Waals surface area contributed by atoms with Gasteiger partial charge in [0.15, 0.2) is 0 Å². The van der Waals surface area contributed by atoms with Gasteiger partial charge in [-0.05, 0) is 98.4 Å². The van der Waals surface area contributed by atoms with Crippen LogP contribution in [0.1, 0.15) is 60.9 Å². The molecule has 1 amide bonds. The number of halogens is 2. The van der Waals surface area contributed by atoms with Crippen molar-refractivity contribution in [2.45, 2.75) is 57.4 Å². The second-order valence-electron chi connectivity index (χ2n) is 11.4. The topological polar surface area (TPSA) is 36.4 Å². The Morgan fingerprint density at radius 1 is 0.946 bits per heavy atom. The van der Waals surface area contributed by atoms with E-state index in [1.165, 1.54) is 44.2 Å². The van der Waals surface area contributed by atoms with Gasteiger partial charge in [0.1, 0.15) is 0 Å². The van der Waals surface area contributed by atoms with Crippen LogP contribution in [0.4, 0.5) is 0 Å². The maximum atomic E-state index is 13.3. The molecule has 0 radical (unpaired) electrons. The lowest BCUT2D eigenvalue weighted by Crippen LogP contribution is -2.54. The molecule has 1 aromatic heterocycles. The molecular weight excluding hydrogens is 501 g/mol. The first-order chi connectivity index (χ1) is 18.0. The SMILES string of the molecule is O=C(c1ccc2ncccc2c1)N1CCC(N2CCC(Cc3ccc(Cl)c(Cl)c3)C3(CCCC3)C2)CC1. The van der Waals surface area contributed by atoms with Gasteiger partial charge in [-0.1, -0.05) is 48.2 Å². The van der Waals surface area contributed by atoms with Crippen LogP contribution < -0.4 is 0 Å². The molecule has 2 saturated heterocycles. The Bertz CT molecular complexity index is 1280. The van der Waals surface area contributed by atoms with Crippen LogP contribution in [0.25, 0.3) is 10.9 Å². The number of amides is 1. The van der Waals surface area contributed by atoms with E-state index >= 15 is 0 Å². The first-order valence-corrected chi connectivity index (χ1v) is 14.6. The highest BCUT2D eigenvalue weighted by Gasteiger charge is 2.46. The van der Waals surface area contributed by atoms with E-state index in [2.05, 4.69) is 26.9 Å². The molecule has 4 nitrogen and oxygen atoms in total. The van der Waals surface area contributed by atoms with Crippen LogP contribution >= 0.6 is 23.2 Å². The molecule has 1 saturated carbocycles. The summed E-state index contributed by atoms with van der Waals surface area (Å²) in [6.07, 6.45) is 11.6. The fourth-order valence-corrected chi connectivity index (χ4v) is 7.61. The molecular formula is C31H35Cl2N3O. The minimum absolute atomic E-state index is 0.150. The van der Waals surface area contributed by atoms with Crippen molar-refractivity contribution in [3.63, 3.8) is 0 Å². The lowest BCUT2D eigenvalue weighted by molar-refractivity contribution is -0.00769. The Hall–Kier alpha value is -2.14. The average Bonchev–Trinajstić information content (AvgIpc) is 3.40. The first-order valence-electron chi connectivity index (χ1n) is 13.8. The van der Waals surface area contributed by atoms with E-state index in [0.717, 1.165) is 55.4 Å². The monoisotopic (exact) mass is 535 g/mol. The van der Waals surface area contributed by atoms with Gasteiger partial charge in [-0.2, -0.15) is 0 Å². The molecule has 3 heterocycles. The number of benzene rings is 2. The second kappa shape index (κ2) is 10.6. The summed E-state index contributed by atoms with van der Waals surface area (Å²) in [6.45, 7) is 4.04. The molecule has 194 valence electrons. The van der Waals surface area contributed by atoms with Gasteiger partial charge in [-0.25, -0.2) is 0 Å². The second-order valence-corrected chi connectivity index (χ2v) is 12.2. The summed E-state index contributed by atoms with van der Waals surface area (Å²) in [5, 5.41) is 2.32. The zero-order valence-electron chi connectivity index (χ0n) is 21.3. The molecule has 1 spiro atoms. The molecule has 1 atom stereocenters. The number of nitrogens with zero attached hydrogens (tertiary/aromatic N) is 3. The molecule has 3 fully saturated rings. The number of carbonyl (C=O) groups is 1. The zero-order valence-corrected chi connectivity index (χ0v) is 22.9. The average molecular weight is 537 g/mol. The molecule has 1 unspecified atom stereocenters. The van der Waals surface area contributed by atoms with E-state index in [0.29, 0.717) is 27.4 Å². The molecule has 3 aliphatic rings. The van der Waals surface area contributed by atoms with Crippen molar-refractivity contribution in [2.75, 3.05) is 26.2 Å². The quantitative estimate of drug-likeness (QED) is 0.352. The lowest BCUT2D eigenvalue weighted by atomic mass is 9.67. The van der Waals surface area contributed by atoms with E-state index in [1.807, 2.05) is 36.4 Å². The van der Waals surface area contributed by atoms with E-state index in [-0.39, 0.29) is 5.91 Å². The van der Waals surface area contributed by atoms with Crippen molar-refractivity contribution >= 4 is 40.0 Å². The molecule has 37 heavy (non-hydrogen) atoms. The summed E-state index contributed by atoms with van der Waals surface area (Å²) in [6, 6.07) is 16.6. The van der Waals surface area contributed by atoms with Gasteiger partial charge in [0.2, 0.25) is 0 Å². The van der Waals surface area contributed by atoms with Crippen molar-refractivity contribution < 1.29 is 4.79 Å². The largest absolute Gasteiger partial charge is 0.339 e. The van der Waals surface area contributed by atoms with Crippen LogP contribution in [-0.2, 0) is 6.42 Å². The van der Waals surface area contributed by atoms with Crippen molar-refractivity contribution in [1.82, 2.24) is 14.8 Å². The van der Waals surface area contributed by atoms with Gasteiger partial charge in [0.25, 0.3) is 5.91 Å². The maximum absolute atomic E-state index is 13.3. The van der Waals surface area contributed by atoms with Crippen molar-refractivity contribution in [1.29, 1.82) is 0 Å². The van der Waals surface area contributed by atoms with E-state index in [1.54, 1.807) is 6.20 Å². The highest BCUT2D eigenvalue weighted by Crippen LogP contribution is 2.50. The van der Waals surface area contributed by atoms with Gasteiger partial charge >= 0.3 is 0 Å². The number of pyridine rings is 1. The van der Waals surface area contributed by atoms with Gasteiger partial charge in [-0.15, -0.1) is 0 Å². The lowest BCUT2D eigenvalue weighted by Gasteiger charge is -2.50. The van der Waals surface area contributed by atoms with Crippen LogP contribution in [0, 0.1) is 11.3 Å². The number of rotatable bonds is 4. The number of aromatic nitrogens is 1. The normalized spacial score (nSPS) is 22.6. The van der Waals surface area contributed by atoms with Gasteiger partial charge in [0.05, 0.1) is 15.6 Å². The van der Waals surface area contributed by atoms with Crippen LogP contribution in [0.3, 0.4) is 0 Å². The highest BCUT2D eigenvalue weighted by molar-refractivity contribution is 6.42. The number of carbonyl (C=O) groups excluding carboxylic acids is 1. The predicted octanol–water partition coefficient (Wildman–Crippen LogP) is 7.27. The molecule has 6 heteroatoms. The third-order valence-electron chi connectivity index (χ3n) is 9.33. The third-order valence-corrected chi connectivity index (χ3v) is 10.1. The molecule has 3 aromatic rings. The number of hydrogen-bond donors (Lipinski definition) is 0. The number of likely N-dealkylation sites (tertiary alicyclic amines) is 2. The van der Waals surface area contributed by atoms with Crippen molar-refractivity contribution in [3.05, 3.63) is 75.9 Å². The molecule has 2 aromatic carbocycles. The van der Waals surface area contributed by atoms with Gasteiger partial charge in [0, 0.05) is 42.8 Å². The van der Waals surface area contributed by atoms with E-state index in [9.17, 15) is 4.79 Å². The fourth-order valence-electron chi connectivity index (χ4n) is 7.29. The molecule has 2 aliphatic heterocycles. The number of hydrogen-bond acceptors (Lipinski definition) is 3. The Labute approximate surface area is 229 Å². The summed E-state index contributed by atoms with van der Waals surface area (Å²) in [4.78, 5) is 22.5. The summed E-state index contributed by atoms with van der Waals surface area (Å²) in [5.41, 5.74) is 3.43. The summed E-state index contributed by atoms with van der Waals surface area (Å²) < 4.78 is 0. The van der Waals surface area contributed by atoms with Crippen molar-refractivity contribution in [2.24, 2.45) is 11.3 Å². The van der Waals surface area contributed by atoms with Crippen LogP contribution in [0.2, 0.25) is 10.0 Å². The third kappa shape index (κ3) is 5.13. The molecule has 0 N–H and O–H groups in total. The smallest absolute Gasteiger partial charge is 0.253 e. The minimum atomic E-state index is 0.150. The zero-order chi connectivity index (χ0) is 25.4. The minimum Gasteiger partial charge on any atom is -0.339 e. The number of fused-ring (bicyclic) bond motifs is 1. The fraction of sp³-hybridized carbons (Fsp3) is 0.484. The summed E-state index contributed by atoms with van der Waals surface area (Å²) in [7, 11) is 0.